The van der Waals surface area contributed by atoms with Crippen LogP contribution in [-0.2, 0) is 6.54 Å². The van der Waals surface area contributed by atoms with E-state index in [0.29, 0.717) is 17.5 Å². The van der Waals surface area contributed by atoms with E-state index in [4.69, 9.17) is 14.2 Å². The molecule has 1 aromatic carbocycles. The second-order valence-electron chi connectivity index (χ2n) is 5.01. The molecular weight excluding hydrogens is 268 g/mol. The van der Waals surface area contributed by atoms with Crippen LogP contribution in [0, 0.1) is 0 Å². The molecule has 0 fully saturated rings. The molecule has 0 amide bonds. The van der Waals surface area contributed by atoms with Gasteiger partial charge >= 0.3 is 0 Å². The minimum absolute atomic E-state index is 0.384. The van der Waals surface area contributed by atoms with Gasteiger partial charge in [-0.05, 0) is 26.0 Å². The van der Waals surface area contributed by atoms with Gasteiger partial charge in [0.15, 0.2) is 11.5 Å². The maximum absolute atomic E-state index is 5.43. The molecule has 0 bridgehead atoms. The Hall–Kier alpha value is -1.46. The van der Waals surface area contributed by atoms with E-state index in [1.807, 2.05) is 12.1 Å². The molecule has 0 saturated heterocycles. The lowest BCUT2D eigenvalue weighted by molar-refractivity contribution is 0.346. The summed E-state index contributed by atoms with van der Waals surface area (Å²) < 4.78 is 16.1. The van der Waals surface area contributed by atoms with Crippen LogP contribution in [0.3, 0.4) is 0 Å². The third-order valence-corrected chi connectivity index (χ3v) is 3.30. The van der Waals surface area contributed by atoms with Crippen molar-refractivity contribution in [1.82, 2.24) is 10.6 Å². The minimum Gasteiger partial charge on any atom is -0.496 e. The fourth-order valence-electron chi connectivity index (χ4n) is 2.08. The highest BCUT2D eigenvalue weighted by atomic mass is 16.5. The number of hydrogen-bond acceptors (Lipinski definition) is 5. The Labute approximate surface area is 128 Å². The number of rotatable bonds is 10. The molecule has 120 valence electrons. The summed E-state index contributed by atoms with van der Waals surface area (Å²) in [6.07, 6.45) is 1.15. The van der Waals surface area contributed by atoms with E-state index in [2.05, 4.69) is 24.5 Å². The number of nitrogens with one attached hydrogen (secondary N) is 2. The first-order valence-electron chi connectivity index (χ1n) is 7.39. The molecule has 0 aliphatic rings. The maximum atomic E-state index is 5.43. The molecule has 1 aromatic rings. The van der Waals surface area contributed by atoms with Gasteiger partial charge < -0.3 is 24.8 Å². The quantitative estimate of drug-likeness (QED) is 0.648. The van der Waals surface area contributed by atoms with Crippen molar-refractivity contribution in [3.8, 4) is 17.2 Å². The van der Waals surface area contributed by atoms with Crippen molar-refractivity contribution >= 4 is 0 Å². The standard InChI is InChI=1S/C16H28N2O3/c1-6-7-17-10-12(2)18-11-13-8-15(20-4)16(21-5)9-14(13)19-3/h8-9,12,17-18H,6-7,10-11H2,1-5H3. The molecule has 0 spiro atoms. The van der Waals surface area contributed by atoms with Gasteiger partial charge in [0.2, 0.25) is 0 Å². The van der Waals surface area contributed by atoms with Gasteiger partial charge in [0.25, 0.3) is 0 Å². The van der Waals surface area contributed by atoms with E-state index in [-0.39, 0.29) is 0 Å². The van der Waals surface area contributed by atoms with Crippen molar-refractivity contribution in [3.63, 3.8) is 0 Å². The molecule has 0 heterocycles. The van der Waals surface area contributed by atoms with Gasteiger partial charge in [-0.15, -0.1) is 0 Å². The summed E-state index contributed by atoms with van der Waals surface area (Å²) in [5.41, 5.74) is 1.05. The van der Waals surface area contributed by atoms with Crippen LogP contribution in [0.5, 0.6) is 17.2 Å². The van der Waals surface area contributed by atoms with Gasteiger partial charge in [-0.2, -0.15) is 0 Å². The zero-order valence-electron chi connectivity index (χ0n) is 13.8. The van der Waals surface area contributed by atoms with E-state index in [9.17, 15) is 0 Å². The monoisotopic (exact) mass is 296 g/mol. The molecule has 0 saturated carbocycles. The third kappa shape index (κ3) is 5.44. The zero-order chi connectivity index (χ0) is 15.7. The van der Waals surface area contributed by atoms with Crippen LogP contribution in [0.2, 0.25) is 0 Å². The minimum atomic E-state index is 0.384. The number of hydrogen-bond donors (Lipinski definition) is 2. The van der Waals surface area contributed by atoms with Gasteiger partial charge in [0.05, 0.1) is 21.3 Å². The van der Waals surface area contributed by atoms with Gasteiger partial charge in [0.1, 0.15) is 5.75 Å². The van der Waals surface area contributed by atoms with Crippen LogP contribution in [0.1, 0.15) is 25.8 Å². The molecule has 1 unspecified atom stereocenters. The average Bonchev–Trinajstić information content (AvgIpc) is 2.52. The summed E-state index contributed by atoms with van der Waals surface area (Å²) in [7, 11) is 4.92. The summed E-state index contributed by atoms with van der Waals surface area (Å²) in [5, 5.41) is 6.88. The summed E-state index contributed by atoms with van der Waals surface area (Å²) in [5.74, 6) is 2.19. The molecule has 5 nitrogen and oxygen atoms in total. The van der Waals surface area contributed by atoms with Crippen LogP contribution < -0.4 is 24.8 Å². The Morgan fingerprint density at radius 2 is 1.62 bits per heavy atom. The van der Waals surface area contributed by atoms with Crippen LogP contribution in [0.4, 0.5) is 0 Å². The lowest BCUT2D eigenvalue weighted by Crippen LogP contribution is -2.36. The number of benzene rings is 1. The smallest absolute Gasteiger partial charge is 0.164 e. The summed E-state index contributed by atoms with van der Waals surface area (Å²) in [6, 6.07) is 4.20. The maximum Gasteiger partial charge on any atom is 0.164 e. The van der Waals surface area contributed by atoms with E-state index < -0.39 is 0 Å². The zero-order valence-corrected chi connectivity index (χ0v) is 13.8. The van der Waals surface area contributed by atoms with E-state index in [0.717, 1.165) is 37.4 Å². The number of ether oxygens (including phenoxy) is 3. The predicted octanol–water partition coefficient (Wildman–Crippen LogP) is 2.19. The van der Waals surface area contributed by atoms with Crippen LogP contribution >= 0.6 is 0 Å². The normalized spacial score (nSPS) is 12.0. The fraction of sp³-hybridized carbons (Fsp3) is 0.625. The van der Waals surface area contributed by atoms with Crippen molar-refractivity contribution in [2.24, 2.45) is 0 Å². The molecule has 5 heteroatoms. The van der Waals surface area contributed by atoms with Gasteiger partial charge in [-0.25, -0.2) is 0 Å². The topological polar surface area (TPSA) is 51.8 Å². The Morgan fingerprint density at radius 3 is 2.19 bits per heavy atom. The lowest BCUT2D eigenvalue weighted by atomic mass is 10.1. The molecule has 0 aliphatic carbocycles. The molecular formula is C16H28N2O3. The summed E-state index contributed by atoms with van der Waals surface area (Å²) in [4.78, 5) is 0. The Morgan fingerprint density at radius 1 is 1.00 bits per heavy atom. The highest BCUT2D eigenvalue weighted by Crippen LogP contribution is 2.34. The van der Waals surface area contributed by atoms with Gasteiger partial charge in [-0.1, -0.05) is 6.92 Å². The second kappa shape index (κ2) is 9.47. The van der Waals surface area contributed by atoms with Crippen LogP contribution in [0.25, 0.3) is 0 Å². The van der Waals surface area contributed by atoms with Crippen molar-refractivity contribution in [2.45, 2.75) is 32.9 Å². The number of methoxy groups -OCH3 is 3. The van der Waals surface area contributed by atoms with Crippen molar-refractivity contribution in [2.75, 3.05) is 34.4 Å². The molecule has 1 rings (SSSR count). The van der Waals surface area contributed by atoms with E-state index in [1.54, 1.807) is 21.3 Å². The van der Waals surface area contributed by atoms with E-state index >= 15 is 0 Å². The first-order valence-corrected chi connectivity index (χ1v) is 7.39. The SMILES string of the molecule is CCCNCC(C)NCc1cc(OC)c(OC)cc1OC. The molecule has 1 atom stereocenters. The highest BCUT2D eigenvalue weighted by Gasteiger charge is 2.12. The first kappa shape index (κ1) is 17.6. The third-order valence-electron chi connectivity index (χ3n) is 3.30. The first-order chi connectivity index (χ1) is 10.2. The molecule has 0 aliphatic heterocycles. The van der Waals surface area contributed by atoms with Crippen molar-refractivity contribution in [1.29, 1.82) is 0 Å². The lowest BCUT2D eigenvalue weighted by Gasteiger charge is -2.17. The molecule has 21 heavy (non-hydrogen) atoms. The van der Waals surface area contributed by atoms with Crippen molar-refractivity contribution < 1.29 is 14.2 Å². The Balaban J connectivity index is 2.68. The molecule has 0 radical (unpaired) electrons. The fourth-order valence-corrected chi connectivity index (χ4v) is 2.08. The largest absolute Gasteiger partial charge is 0.496 e. The summed E-state index contributed by atoms with van der Waals surface area (Å²) >= 11 is 0. The van der Waals surface area contributed by atoms with Crippen LogP contribution in [0.15, 0.2) is 12.1 Å². The second-order valence-corrected chi connectivity index (χ2v) is 5.01. The molecule has 2 N–H and O–H groups in total. The van der Waals surface area contributed by atoms with Crippen LogP contribution in [-0.4, -0.2) is 40.5 Å². The van der Waals surface area contributed by atoms with Crippen molar-refractivity contribution in [3.05, 3.63) is 17.7 Å². The molecule has 0 aromatic heterocycles. The predicted molar refractivity (Wildman–Crippen MR) is 85.6 cm³/mol. The average molecular weight is 296 g/mol. The summed E-state index contributed by atoms with van der Waals surface area (Å²) in [6.45, 7) is 7.04. The van der Waals surface area contributed by atoms with Gasteiger partial charge in [-0.3, -0.25) is 0 Å². The Bertz CT molecular complexity index is 424. The Kier molecular flexibility index (Phi) is 7.93. The van der Waals surface area contributed by atoms with E-state index in [1.165, 1.54) is 0 Å². The highest BCUT2D eigenvalue weighted by molar-refractivity contribution is 5.50. The van der Waals surface area contributed by atoms with Gasteiger partial charge in [0, 0.05) is 30.8 Å².